The summed E-state index contributed by atoms with van der Waals surface area (Å²) >= 11 is 0. The van der Waals surface area contributed by atoms with E-state index in [1.165, 1.54) is 32.8 Å². The van der Waals surface area contributed by atoms with Gasteiger partial charge in [0.25, 0.3) is 0 Å². The smallest absolute Gasteiger partial charge is 0.337 e. The van der Waals surface area contributed by atoms with Crippen molar-refractivity contribution in [1.82, 2.24) is 19.7 Å². The molecule has 0 spiro atoms. The second kappa shape index (κ2) is 12.9. The Morgan fingerprint density at radius 2 is 1.66 bits per heavy atom. The summed E-state index contributed by atoms with van der Waals surface area (Å²) in [5, 5.41) is 1.08. The summed E-state index contributed by atoms with van der Waals surface area (Å²) < 4.78 is 4.87. The minimum atomic E-state index is -0.565. The predicted molar refractivity (Wildman–Crippen MR) is 160 cm³/mol. The predicted octanol–water partition coefficient (Wildman–Crippen LogP) is 4.93. The van der Waals surface area contributed by atoms with Crippen LogP contribution in [0.3, 0.4) is 0 Å². The zero-order valence-corrected chi connectivity index (χ0v) is 24.5. The molecule has 41 heavy (non-hydrogen) atoms. The van der Waals surface area contributed by atoms with Crippen LogP contribution in [0.25, 0.3) is 10.9 Å². The molecule has 8 heteroatoms. The van der Waals surface area contributed by atoms with Crippen LogP contribution in [0.5, 0.6) is 0 Å². The standard InChI is InChI=1S/C33H42N4O4/c1-4-6-17-35(18-7-5-2)19-10-20-36-22-29(38)37-28(32(36)39)21-26-25-11-8-9-12-27(25)34-30(26)31(37)23-13-15-24(16-14-23)33(40)41-3/h8-9,11-16,28,31,34H,4-7,10,17-22H2,1-3H3/t28-,31?/m0/s1. The number of aromatic amines is 1. The summed E-state index contributed by atoms with van der Waals surface area (Å²) in [5.41, 5.74) is 4.30. The van der Waals surface area contributed by atoms with Gasteiger partial charge in [-0.15, -0.1) is 0 Å². The van der Waals surface area contributed by atoms with Crippen LogP contribution in [0.2, 0.25) is 0 Å². The number of rotatable bonds is 12. The van der Waals surface area contributed by atoms with E-state index in [0.717, 1.165) is 53.8 Å². The molecule has 218 valence electrons. The van der Waals surface area contributed by atoms with Crippen LogP contribution in [0.1, 0.15) is 79.2 Å². The van der Waals surface area contributed by atoms with E-state index in [2.05, 4.69) is 29.8 Å². The van der Waals surface area contributed by atoms with Gasteiger partial charge in [-0.25, -0.2) is 4.79 Å². The first-order chi connectivity index (χ1) is 20.0. The van der Waals surface area contributed by atoms with Crippen LogP contribution in [0.4, 0.5) is 0 Å². The fourth-order valence-electron chi connectivity index (χ4n) is 6.36. The number of hydrogen-bond acceptors (Lipinski definition) is 5. The van der Waals surface area contributed by atoms with Gasteiger partial charge >= 0.3 is 5.97 Å². The average Bonchev–Trinajstić information content (AvgIpc) is 3.37. The van der Waals surface area contributed by atoms with Crippen molar-refractivity contribution < 1.29 is 19.1 Å². The Balaban J connectivity index is 1.41. The SMILES string of the molecule is CCCCN(CCCC)CCCN1CC(=O)N2C(c3ccc(C(=O)OC)cc3)c3[nH]c4ccccc4c3C[C@H]2C1=O. The third kappa shape index (κ3) is 5.89. The zero-order chi connectivity index (χ0) is 28.9. The van der Waals surface area contributed by atoms with Gasteiger partial charge in [0.05, 0.1) is 25.3 Å². The lowest BCUT2D eigenvalue weighted by Gasteiger charge is -2.47. The van der Waals surface area contributed by atoms with Crippen LogP contribution < -0.4 is 0 Å². The third-order valence-corrected chi connectivity index (χ3v) is 8.55. The number of H-pyrrole nitrogens is 1. The number of hydrogen-bond donors (Lipinski definition) is 1. The van der Waals surface area contributed by atoms with Crippen molar-refractivity contribution in [3.05, 3.63) is 70.9 Å². The normalized spacial score (nSPS) is 18.6. The second-order valence-corrected chi connectivity index (χ2v) is 11.3. The van der Waals surface area contributed by atoms with Crippen molar-refractivity contribution in [1.29, 1.82) is 0 Å². The maximum absolute atomic E-state index is 14.0. The van der Waals surface area contributed by atoms with Crippen LogP contribution in [0, 0.1) is 0 Å². The summed E-state index contributed by atoms with van der Waals surface area (Å²) in [4.78, 5) is 49.5. The fourth-order valence-corrected chi connectivity index (χ4v) is 6.36. The number of esters is 1. The number of piperazine rings is 1. The first-order valence-corrected chi connectivity index (χ1v) is 15.1. The lowest BCUT2D eigenvalue weighted by atomic mass is 9.86. The molecule has 1 unspecified atom stereocenters. The van der Waals surface area contributed by atoms with Gasteiger partial charge in [-0.2, -0.15) is 0 Å². The lowest BCUT2D eigenvalue weighted by Crippen LogP contribution is -2.63. The molecule has 3 heterocycles. The molecule has 2 aromatic carbocycles. The number of unbranched alkanes of at least 4 members (excludes halogenated alkanes) is 2. The van der Waals surface area contributed by atoms with Crippen molar-refractivity contribution in [2.24, 2.45) is 0 Å². The van der Waals surface area contributed by atoms with Crippen molar-refractivity contribution in [2.45, 2.75) is 64.5 Å². The van der Waals surface area contributed by atoms with E-state index in [1.54, 1.807) is 21.9 Å². The van der Waals surface area contributed by atoms with Gasteiger partial charge in [-0.05, 0) is 68.2 Å². The Bertz CT molecular complexity index is 1370. The molecule has 5 rings (SSSR count). The zero-order valence-electron chi connectivity index (χ0n) is 24.5. The molecule has 2 atom stereocenters. The summed E-state index contributed by atoms with van der Waals surface area (Å²) in [6.07, 6.45) is 6.03. The molecule has 2 aliphatic heterocycles. The van der Waals surface area contributed by atoms with Gasteiger partial charge in [-0.3, -0.25) is 9.59 Å². The number of fused-ring (bicyclic) bond motifs is 4. The molecule has 1 N–H and O–H groups in total. The highest BCUT2D eigenvalue weighted by molar-refractivity contribution is 5.97. The summed E-state index contributed by atoms with van der Waals surface area (Å²) in [6, 6.07) is 14.3. The summed E-state index contributed by atoms with van der Waals surface area (Å²) in [6.45, 7) is 8.21. The maximum atomic E-state index is 14.0. The van der Waals surface area contributed by atoms with Gasteiger partial charge < -0.3 is 24.4 Å². The molecule has 0 saturated carbocycles. The second-order valence-electron chi connectivity index (χ2n) is 11.3. The third-order valence-electron chi connectivity index (χ3n) is 8.55. The molecule has 1 aromatic heterocycles. The number of nitrogens with one attached hydrogen (secondary N) is 1. The lowest BCUT2D eigenvalue weighted by molar-refractivity contribution is -0.158. The maximum Gasteiger partial charge on any atom is 0.337 e. The molecule has 8 nitrogen and oxygen atoms in total. The van der Waals surface area contributed by atoms with Gasteiger partial charge in [0, 0.05) is 29.6 Å². The number of methoxy groups -OCH3 is 1. The molecule has 2 aliphatic rings. The molecule has 1 fully saturated rings. The van der Waals surface area contributed by atoms with Gasteiger partial charge in [-0.1, -0.05) is 57.0 Å². The van der Waals surface area contributed by atoms with Gasteiger partial charge in [0.15, 0.2) is 0 Å². The Morgan fingerprint density at radius 3 is 2.34 bits per heavy atom. The summed E-state index contributed by atoms with van der Waals surface area (Å²) in [7, 11) is 1.36. The highest BCUT2D eigenvalue weighted by atomic mass is 16.5. The molecule has 0 aliphatic carbocycles. The number of para-hydroxylation sites is 1. The number of carbonyl (C=O) groups is 3. The number of carbonyl (C=O) groups excluding carboxylic acids is 3. The number of nitrogens with zero attached hydrogens (tertiary/aromatic N) is 3. The average molecular weight is 559 g/mol. The number of aromatic nitrogens is 1. The van der Waals surface area contributed by atoms with E-state index in [4.69, 9.17) is 4.74 Å². The highest BCUT2D eigenvalue weighted by Gasteiger charge is 2.48. The molecule has 3 aromatic rings. The highest BCUT2D eigenvalue weighted by Crippen LogP contribution is 2.42. The molecule has 0 radical (unpaired) electrons. The van der Waals surface area contributed by atoms with Crippen molar-refractivity contribution in [3.63, 3.8) is 0 Å². The first kappa shape index (κ1) is 28.9. The van der Waals surface area contributed by atoms with Crippen molar-refractivity contribution in [3.8, 4) is 0 Å². The molecule has 2 amide bonds. The number of ether oxygens (including phenoxy) is 1. The first-order valence-electron chi connectivity index (χ1n) is 15.1. The molecular weight excluding hydrogens is 516 g/mol. The van der Waals surface area contributed by atoms with Gasteiger partial charge in [0.1, 0.15) is 6.04 Å². The van der Waals surface area contributed by atoms with Crippen LogP contribution >= 0.6 is 0 Å². The van der Waals surface area contributed by atoms with Crippen LogP contribution in [-0.4, -0.2) is 83.3 Å². The largest absolute Gasteiger partial charge is 0.465 e. The minimum absolute atomic E-state index is 0.0189. The van der Waals surface area contributed by atoms with Crippen LogP contribution in [-0.2, 0) is 20.7 Å². The topological polar surface area (TPSA) is 85.9 Å². The minimum Gasteiger partial charge on any atom is -0.465 e. The van der Waals surface area contributed by atoms with E-state index >= 15 is 0 Å². The van der Waals surface area contributed by atoms with Crippen molar-refractivity contribution in [2.75, 3.05) is 39.8 Å². The summed E-state index contributed by atoms with van der Waals surface area (Å²) in [5.74, 6) is -0.438. The molecular formula is C33H42N4O4. The number of amides is 2. The Labute approximate surface area is 242 Å². The Kier molecular flexibility index (Phi) is 9.08. The molecule has 1 saturated heterocycles. The van der Waals surface area contributed by atoms with E-state index in [1.807, 2.05) is 30.3 Å². The van der Waals surface area contributed by atoms with E-state index in [-0.39, 0.29) is 18.4 Å². The van der Waals surface area contributed by atoms with Crippen molar-refractivity contribution >= 4 is 28.7 Å². The Hall–Kier alpha value is -3.65. The van der Waals surface area contributed by atoms with E-state index in [0.29, 0.717) is 18.5 Å². The number of benzene rings is 2. The quantitative estimate of drug-likeness (QED) is 0.319. The van der Waals surface area contributed by atoms with Crippen LogP contribution in [0.15, 0.2) is 48.5 Å². The van der Waals surface area contributed by atoms with E-state index < -0.39 is 18.1 Å². The fraction of sp³-hybridized carbons (Fsp3) is 0.485. The van der Waals surface area contributed by atoms with Gasteiger partial charge in [0.2, 0.25) is 11.8 Å². The van der Waals surface area contributed by atoms with E-state index in [9.17, 15) is 14.4 Å². The Morgan fingerprint density at radius 1 is 0.976 bits per heavy atom. The monoisotopic (exact) mass is 558 g/mol. The molecule has 0 bridgehead atoms.